The first-order valence-corrected chi connectivity index (χ1v) is 12.4. The van der Waals surface area contributed by atoms with E-state index in [1.165, 1.54) is 63.0 Å². The number of piperazine rings is 1. The molecule has 1 N–H and O–H groups in total. The average Bonchev–Trinajstić information content (AvgIpc) is 3.26. The Morgan fingerprint density at radius 3 is 2.42 bits per heavy atom. The third-order valence-electron chi connectivity index (χ3n) is 7.87. The van der Waals surface area contributed by atoms with Crippen molar-refractivity contribution in [1.82, 2.24) is 15.1 Å². The monoisotopic (exact) mass is 426 g/mol. The quantitative estimate of drug-likeness (QED) is 0.750. The SMILES string of the molecule is CC(C)N1CCN([C@H]2CC[C@@H](NC3=NC=NC4N=CC(C5CCOCC5)=C34)CC2)CC1. The second-order valence-electron chi connectivity index (χ2n) is 9.97. The van der Waals surface area contributed by atoms with Gasteiger partial charge in [-0.25, -0.2) is 9.98 Å². The van der Waals surface area contributed by atoms with Crippen molar-refractivity contribution in [3.05, 3.63) is 11.1 Å². The smallest absolute Gasteiger partial charge is 0.170 e. The van der Waals surface area contributed by atoms with Gasteiger partial charge in [0.2, 0.25) is 0 Å². The van der Waals surface area contributed by atoms with E-state index in [0.29, 0.717) is 18.0 Å². The van der Waals surface area contributed by atoms with Crippen molar-refractivity contribution in [2.24, 2.45) is 20.9 Å². The number of fused-ring (bicyclic) bond motifs is 1. The van der Waals surface area contributed by atoms with Crippen molar-refractivity contribution in [2.75, 3.05) is 39.4 Å². The minimum atomic E-state index is -0.0913. The summed E-state index contributed by atoms with van der Waals surface area (Å²) in [6.45, 7) is 11.2. The Morgan fingerprint density at radius 2 is 1.71 bits per heavy atom. The van der Waals surface area contributed by atoms with E-state index < -0.39 is 0 Å². The molecule has 2 saturated heterocycles. The van der Waals surface area contributed by atoms with E-state index in [1.54, 1.807) is 6.34 Å². The average molecular weight is 427 g/mol. The fourth-order valence-electron chi connectivity index (χ4n) is 5.89. The molecule has 0 aromatic rings. The highest BCUT2D eigenvalue weighted by molar-refractivity contribution is 6.10. The predicted molar refractivity (Wildman–Crippen MR) is 126 cm³/mol. The Labute approximate surface area is 186 Å². The van der Waals surface area contributed by atoms with Crippen molar-refractivity contribution >= 4 is 18.4 Å². The Bertz CT molecular complexity index is 750. The number of ether oxygens (including phenoxy) is 1. The number of hydrogen-bond acceptors (Lipinski definition) is 7. The van der Waals surface area contributed by atoms with Crippen molar-refractivity contribution < 1.29 is 4.74 Å². The maximum absolute atomic E-state index is 5.57. The highest BCUT2D eigenvalue weighted by Gasteiger charge is 2.34. The summed E-state index contributed by atoms with van der Waals surface area (Å²) in [6, 6.07) is 1.93. The van der Waals surface area contributed by atoms with Gasteiger partial charge in [0.25, 0.3) is 0 Å². The normalized spacial score (nSPS) is 33.1. The zero-order valence-corrected chi connectivity index (χ0v) is 19.2. The number of rotatable bonds is 4. The summed E-state index contributed by atoms with van der Waals surface area (Å²) in [5.41, 5.74) is 2.56. The molecule has 5 rings (SSSR count). The van der Waals surface area contributed by atoms with Gasteiger partial charge in [0.15, 0.2) is 6.17 Å². The molecule has 3 fully saturated rings. The maximum atomic E-state index is 5.57. The van der Waals surface area contributed by atoms with Crippen LogP contribution in [0.25, 0.3) is 0 Å². The highest BCUT2D eigenvalue weighted by Crippen LogP contribution is 2.33. The van der Waals surface area contributed by atoms with Gasteiger partial charge >= 0.3 is 0 Å². The molecule has 0 aromatic heterocycles. The van der Waals surface area contributed by atoms with E-state index in [4.69, 9.17) is 4.74 Å². The standard InChI is InChI=1S/C24H38N6O/c1-17(2)29-9-11-30(12-10-29)20-5-3-19(4-6-20)28-24-22-21(18-7-13-31-14-8-18)15-25-23(22)26-16-27-24/h15-20,23H,3-14H2,1-2H3,(H,26,27,28)/t19-,20+,23?. The van der Waals surface area contributed by atoms with Crippen molar-refractivity contribution in [3.63, 3.8) is 0 Å². The van der Waals surface area contributed by atoms with Crippen LogP contribution < -0.4 is 5.32 Å². The fourth-order valence-corrected chi connectivity index (χ4v) is 5.89. The minimum absolute atomic E-state index is 0.0913. The van der Waals surface area contributed by atoms with Crippen LogP contribution >= 0.6 is 0 Å². The molecule has 7 nitrogen and oxygen atoms in total. The van der Waals surface area contributed by atoms with Gasteiger partial charge in [0, 0.05) is 69.3 Å². The molecule has 0 bridgehead atoms. The highest BCUT2D eigenvalue weighted by atomic mass is 16.5. The van der Waals surface area contributed by atoms with Crippen molar-refractivity contribution in [3.8, 4) is 0 Å². The summed E-state index contributed by atoms with van der Waals surface area (Å²) in [6.07, 6.45) is 10.8. The van der Waals surface area contributed by atoms with Gasteiger partial charge in [0.1, 0.15) is 12.2 Å². The lowest BCUT2D eigenvalue weighted by atomic mass is 9.87. The molecule has 0 aromatic carbocycles. The first-order valence-electron chi connectivity index (χ1n) is 12.4. The van der Waals surface area contributed by atoms with Gasteiger partial charge in [0.05, 0.1) is 0 Å². The second-order valence-corrected chi connectivity index (χ2v) is 9.97. The van der Waals surface area contributed by atoms with Gasteiger partial charge in [-0.15, -0.1) is 0 Å². The summed E-state index contributed by atoms with van der Waals surface area (Å²) in [5, 5.41) is 3.81. The molecule has 1 atom stereocenters. The molecular formula is C24H38N6O. The fraction of sp³-hybridized carbons (Fsp3) is 0.792. The summed E-state index contributed by atoms with van der Waals surface area (Å²) >= 11 is 0. The molecule has 4 aliphatic heterocycles. The third kappa shape index (κ3) is 4.64. The number of allylic oxidation sites excluding steroid dienone is 1. The number of hydrogen-bond donors (Lipinski definition) is 1. The molecule has 170 valence electrons. The van der Waals surface area contributed by atoms with Crippen LogP contribution in [0.15, 0.2) is 26.1 Å². The molecule has 1 saturated carbocycles. The molecule has 4 heterocycles. The lowest BCUT2D eigenvalue weighted by Crippen LogP contribution is -2.53. The van der Waals surface area contributed by atoms with Crippen LogP contribution in [0, 0.1) is 5.92 Å². The Balaban J connectivity index is 1.17. The van der Waals surface area contributed by atoms with Crippen LogP contribution in [-0.2, 0) is 4.74 Å². The molecule has 1 unspecified atom stereocenters. The second kappa shape index (κ2) is 9.51. The van der Waals surface area contributed by atoms with Crippen LogP contribution in [-0.4, -0.2) is 91.9 Å². The van der Waals surface area contributed by atoms with E-state index >= 15 is 0 Å². The van der Waals surface area contributed by atoms with E-state index in [0.717, 1.165) is 37.9 Å². The van der Waals surface area contributed by atoms with E-state index in [-0.39, 0.29) is 6.17 Å². The summed E-state index contributed by atoms with van der Waals surface area (Å²) in [7, 11) is 0. The molecule has 0 spiro atoms. The number of nitrogens with one attached hydrogen (secondary N) is 1. The summed E-state index contributed by atoms with van der Waals surface area (Å²) in [4.78, 5) is 19.2. The van der Waals surface area contributed by atoms with E-state index in [2.05, 4.69) is 50.2 Å². The van der Waals surface area contributed by atoms with Crippen LogP contribution in [0.5, 0.6) is 0 Å². The Morgan fingerprint density at radius 1 is 0.968 bits per heavy atom. The van der Waals surface area contributed by atoms with E-state index in [9.17, 15) is 0 Å². The van der Waals surface area contributed by atoms with Crippen LogP contribution in [0.2, 0.25) is 0 Å². The Kier molecular flexibility index (Phi) is 6.53. The van der Waals surface area contributed by atoms with Gasteiger partial charge in [-0.05, 0) is 63.9 Å². The third-order valence-corrected chi connectivity index (χ3v) is 7.87. The molecule has 0 radical (unpaired) electrons. The zero-order valence-electron chi connectivity index (χ0n) is 19.2. The Hall–Kier alpha value is -1.57. The zero-order chi connectivity index (χ0) is 21.2. The van der Waals surface area contributed by atoms with Gasteiger partial charge in [-0.2, -0.15) is 0 Å². The first-order chi connectivity index (χ1) is 15.2. The molecule has 0 amide bonds. The molecule has 1 aliphatic carbocycles. The molecule has 7 heteroatoms. The largest absolute Gasteiger partial charge is 0.381 e. The molecule has 31 heavy (non-hydrogen) atoms. The minimum Gasteiger partial charge on any atom is -0.381 e. The van der Waals surface area contributed by atoms with Crippen molar-refractivity contribution in [2.45, 2.75) is 76.7 Å². The molecule has 5 aliphatic rings. The summed E-state index contributed by atoms with van der Waals surface area (Å²) < 4.78 is 5.57. The topological polar surface area (TPSA) is 64.8 Å². The van der Waals surface area contributed by atoms with E-state index in [1.807, 2.05) is 0 Å². The van der Waals surface area contributed by atoms with Gasteiger partial charge in [-0.3, -0.25) is 14.8 Å². The number of nitrogens with zero attached hydrogens (tertiary/aromatic N) is 5. The maximum Gasteiger partial charge on any atom is 0.170 e. The number of aliphatic imine (C=N–C) groups is 3. The van der Waals surface area contributed by atoms with Crippen LogP contribution in [0.1, 0.15) is 52.4 Å². The lowest BCUT2D eigenvalue weighted by molar-refractivity contribution is 0.0614. The predicted octanol–water partition coefficient (Wildman–Crippen LogP) is 2.49. The van der Waals surface area contributed by atoms with Crippen molar-refractivity contribution in [1.29, 1.82) is 0 Å². The van der Waals surface area contributed by atoms with Crippen LogP contribution in [0.3, 0.4) is 0 Å². The van der Waals surface area contributed by atoms with Crippen LogP contribution in [0.4, 0.5) is 0 Å². The summed E-state index contributed by atoms with van der Waals surface area (Å²) in [5.74, 6) is 1.55. The number of amidine groups is 1. The lowest BCUT2D eigenvalue weighted by Gasteiger charge is -2.43. The van der Waals surface area contributed by atoms with Gasteiger partial charge in [-0.1, -0.05) is 0 Å². The van der Waals surface area contributed by atoms with Gasteiger partial charge < -0.3 is 10.1 Å². The first kappa shape index (κ1) is 21.3. The molecular weight excluding hydrogens is 388 g/mol.